The van der Waals surface area contributed by atoms with Gasteiger partial charge in [-0.3, -0.25) is 24.0 Å². The average Bonchev–Trinajstić information content (AvgIpc) is 3.69. The number of aromatic nitrogens is 3. The lowest BCUT2D eigenvalue weighted by atomic mass is 10.0. The molecule has 8 nitrogen and oxygen atoms in total. The molecule has 0 bridgehead atoms. The van der Waals surface area contributed by atoms with Gasteiger partial charge in [0, 0.05) is 31.0 Å². The van der Waals surface area contributed by atoms with E-state index < -0.39 is 16.2 Å². The van der Waals surface area contributed by atoms with Gasteiger partial charge in [0.15, 0.2) is 11.6 Å². The summed E-state index contributed by atoms with van der Waals surface area (Å²) < 4.78 is 20.4. The second-order valence-electron chi connectivity index (χ2n) is 10.7. The second kappa shape index (κ2) is 9.86. The molecular formula is C28H27Cl2FN4O4. The summed E-state index contributed by atoms with van der Waals surface area (Å²) in [5.74, 6) is 0.0270. The smallest absolute Gasteiger partial charge is 0.245 e. The first kappa shape index (κ1) is 26.2. The molecular weight excluding hydrogens is 546 g/mol. The number of halogens is 3. The summed E-state index contributed by atoms with van der Waals surface area (Å²) in [6.45, 7) is 1.24. The minimum atomic E-state index is -0.720. The van der Waals surface area contributed by atoms with Crippen LogP contribution in [0.3, 0.4) is 0 Å². The summed E-state index contributed by atoms with van der Waals surface area (Å²) in [5, 5.41) is 4.97. The molecule has 3 heterocycles. The van der Waals surface area contributed by atoms with Gasteiger partial charge in [-0.05, 0) is 67.9 Å². The molecule has 0 spiro atoms. The first-order valence-corrected chi connectivity index (χ1v) is 13.8. The zero-order valence-corrected chi connectivity index (χ0v) is 22.8. The Hall–Kier alpha value is -3.04. The van der Waals surface area contributed by atoms with Gasteiger partial charge in [-0.1, -0.05) is 0 Å². The van der Waals surface area contributed by atoms with E-state index in [0.717, 1.165) is 6.42 Å². The van der Waals surface area contributed by atoms with E-state index in [-0.39, 0.29) is 54.0 Å². The molecule has 1 saturated heterocycles. The van der Waals surface area contributed by atoms with Crippen LogP contribution in [0.15, 0.2) is 36.5 Å². The number of hydrogen-bond acceptors (Lipinski definition) is 6. The summed E-state index contributed by atoms with van der Waals surface area (Å²) in [5.41, 5.74) is 0.967. The summed E-state index contributed by atoms with van der Waals surface area (Å²) in [4.78, 5) is 44.7. The molecule has 4 atom stereocenters. The standard InChI is InChI=1S/C28H27Cl2FN4O4/c1-15(36)27-19-11-18(39-14-21-20(31)3-2-8-32-21)5-6-22(19)34(33-27)13-26(38)35-23-9-16(23)10-24(35)25(37)7-4-17-12-28(17,29)30/h2-3,5-6,8,11,16-17,23-24H,4,7,9-10,12-14H2,1H3/t16-,17+,23-,24+/m1/s1. The molecule has 1 aromatic carbocycles. The van der Waals surface area contributed by atoms with Gasteiger partial charge < -0.3 is 9.64 Å². The summed E-state index contributed by atoms with van der Waals surface area (Å²) in [6.07, 6.45) is 4.75. The van der Waals surface area contributed by atoms with Crippen molar-refractivity contribution < 1.29 is 23.5 Å². The highest BCUT2D eigenvalue weighted by molar-refractivity contribution is 6.50. The number of benzene rings is 1. The fraction of sp³-hybridized carbons (Fsp3) is 0.464. The van der Waals surface area contributed by atoms with Crippen LogP contribution in [0.5, 0.6) is 5.75 Å². The van der Waals surface area contributed by atoms with Crippen LogP contribution in [-0.2, 0) is 22.7 Å². The van der Waals surface area contributed by atoms with Gasteiger partial charge in [-0.15, -0.1) is 23.2 Å². The van der Waals surface area contributed by atoms with Crippen LogP contribution < -0.4 is 4.74 Å². The molecule has 6 rings (SSSR count). The number of Topliss-reactive ketones (excluding diaryl/α,β-unsaturated/α-hetero) is 2. The van der Waals surface area contributed by atoms with Crippen LogP contribution in [0.25, 0.3) is 10.9 Å². The molecule has 2 aromatic heterocycles. The number of piperidine rings is 1. The fourth-order valence-electron chi connectivity index (χ4n) is 5.68. The molecule has 0 radical (unpaired) electrons. The van der Waals surface area contributed by atoms with Crippen molar-refractivity contribution in [3.05, 3.63) is 53.7 Å². The highest BCUT2D eigenvalue weighted by Gasteiger charge is 2.56. The molecule has 3 aliphatic rings. The molecule has 1 aliphatic heterocycles. The Bertz CT molecular complexity index is 1490. The molecule has 204 valence electrons. The normalized spacial score (nSPS) is 24.5. The predicted molar refractivity (Wildman–Crippen MR) is 142 cm³/mol. The van der Waals surface area contributed by atoms with Gasteiger partial charge in [-0.2, -0.15) is 5.10 Å². The largest absolute Gasteiger partial charge is 0.487 e. The first-order chi connectivity index (χ1) is 18.6. The van der Waals surface area contributed by atoms with Crippen molar-refractivity contribution in [3.8, 4) is 5.75 Å². The van der Waals surface area contributed by atoms with Gasteiger partial charge in [0.05, 0.1) is 11.6 Å². The van der Waals surface area contributed by atoms with Crippen molar-refractivity contribution in [2.24, 2.45) is 11.8 Å². The Kier molecular flexibility index (Phi) is 6.62. The number of carbonyl (C=O) groups is 3. The number of ether oxygens (including phenoxy) is 1. The number of rotatable bonds is 10. The van der Waals surface area contributed by atoms with Gasteiger partial charge >= 0.3 is 0 Å². The second-order valence-corrected chi connectivity index (χ2v) is 12.3. The van der Waals surface area contributed by atoms with E-state index >= 15 is 0 Å². The van der Waals surface area contributed by atoms with E-state index in [1.54, 1.807) is 23.1 Å². The first-order valence-electron chi connectivity index (χ1n) is 13.1. The number of nitrogens with zero attached hydrogens (tertiary/aromatic N) is 4. The molecule has 2 aliphatic carbocycles. The average molecular weight is 573 g/mol. The quantitative estimate of drug-likeness (QED) is 0.254. The maximum atomic E-state index is 13.9. The van der Waals surface area contributed by atoms with Gasteiger partial charge in [0.1, 0.15) is 40.4 Å². The Morgan fingerprint density at radius 1 is 1.21 bits per heavy atom. The Labute approximate surface area is 234 Å². The van der Waals surface area contributed by atoms with E-state index in [4.69, 9.17) is 27.9 Å². The van der Waals surface area contributed by atoms with Crippen molar-refractivity contribution in [1.29, 1.82) is 0 Å². The summed E-state index contributed by atoms with van der Waals surface area (Å²) >= 11 is 12.2. The van der Waals surface area contributed by atoms with Crippen LogP contribution in [0.4, 0.5) is 4.39 Å². The lowest BCUT2D eigenvalue weighted by Gasteiger charge is -2.27. The third kappa shape index (κ3) is 5.14. The number of carbonyl (C=O) groups excluding carboxylic acids is 3. The van der Waals surface area contributed by atoms with Crippen molar-refractivity contribution >= 4 is 51.6 Å². The topological polar surface area (TPSA) is 94.4 Å². The van der Waals surface area contributed by atoms with E-state index in [2.05, 4.69) is 10.1 Å². The predicted octanol–water partition coefficient (Wildman–Crippen LogP) is 4.88. The number of pyridine rings is 1. The molecule has 2 saturated carbocycles. The van der Waals surface area contributed by atoms with Crippen molar-refractivity contribution in [2.45, 2.75) is 68.6 Å². The lowest BCUT2D eigenvalue weighted by molar-refractivity contribution is -0.139. The maximum Gasteiger partial charge on any atom is 0.245 e. The third-order valence-corrected chi connectivity index (χ3v) is 8.94. The maximum absolute atomic E-state index is 13.9. The molecule has 1 amide bonds. The Balaban J connectivity index is 1.18. The molecule has 0 unspecified atom stereocenters. The number of alkyl halides is 2. The van der Waals surface area contributed by atoms with E-state index in [9.17, 15) is 18.8 Å². The molecule has 0 N–H and O–H groups in total. The number of likely N-dealkylation sites (tertiary alicyclic amines) is 1. The van der Waals surface area contributed by atoms with Crippen LogP contribution in [-0.4, -0.2) is 53.6 Å². The minimum Gasteiger partial charge on any atom is -0.487 e. The molecule has 3 fully saturated rings. The van der Waals surface area contributed by atoms with Crippen molar-refractivity contribution in [1.82, 2.24) is 19.7 Å². The fourth-order valence-corrected chi connectivity index (χ4v) is 6.27. The van der Waals surface area contributed by atoms with E-state index in [1.807, 2.05) is 0 Å². The van der Waals surface area contributed by atoms with Crippen molar-refractivity contribution in [3.63, 3.8) is 0 Å². The Morgan fingerprint density at radius 2 is 2.00 bits per heavy atom. The number of fused-ring (bicyclic) bond motifs is 2. The van der Waals surface area contributed by atoms with E-state index in [0.29, 0.717) is 48.3 Å². The van der Waals surface area contributed by atoms with Gasteiger partial charge in [0.2, 0.25) is 5.91 Å². The SMILES string of the molecule is CC(=O)c1nn(CC(=O)N2[C@@H]3C[C@@H]3C[C@H]2C(=O)CC[C@H]2CC2(Cl)Cl)c2ccc(OCc3ncccc3F)cc12. The monoisotopic (exact) mass is 572 g/mol. The summed E-state index contributed by atoms with van der Waals surface area (Å²) in [6, 6.07) is 7.51. The zero-order valence-electron chi connectivity index (χ0n) is 21.3. The summed E-state index contributed by atoms with van der Waals surface area (Å²) in [7, 11) is 0. The number of hydrogen-bond donors (Lipinski definition) is 0. The number of ketones is 2. The van der Waals surface area contributed by atoms with Gasteiger partial charge in [-0.25, -0.2) is 4.39 Å². The van der Waals surface area contributed by atoms with Crippen molar-refractivity contribution in [2.75, 3.05) is 0 Å². The van der Waals surface area contributed by atoms with Crippen LogP contribution >= 0.6 is 23.2 Å². The Morgan fingerprint density at radius 3 is 2.72 bits per heavy atom. The zero-order chi connectivity index (χ0) is 27.5. The van der Waals surface area contributed by atoms with Crippen LogP contribution in [0.1, 0.15) is 55.2 Å². The molecule has 3 aromatic rings. The van der Waals surface area contributed by atoms with E-state index in [1.165, 1.54) is 29.9 Å². The highest BCUT2D eigenvalue weighted by Crippen LogP contribution is 2.55. The van der Waals surface area contributed by atoms with Crippen LogP contribution in [0.2, 0.25) is 0 Å². The lowest BCUT2D eigenvalue weighted by Crippen LogP contribution is -2.44. The minimum absolute atomic E-state index is 0.0486. The number of amides is 1. The van der Waals surface area contributed by atoms with Crippen LogP contribution in [0, 0.1) is 17.7 Å². The highest BCUT2D eigenvalue weighted by atomic mass is 35.5. The third-order valence-electron chi connectivity index (χ3n) is 8.01. The van der Waals surface area contributed by atoms with Gasteiger partial charge in [0.25, 0.3) is 0 Å². The molecule has 11 heteroatoms. The molecule has 39 heavy (non-hydrogen) atoms.